The normalized spacial score (nSPS) is 11.6. The molecule has 0 spiro atoms. The van der Waals surface area contributed by atoms with E-state index in [1.807, 2.05) is 0 Å². The molecular formula is C18H20F2N4O2. The molecule has 2 rings (SSSR count). The number of aryl methyl sites for hydroxylation is 2. The second-order valence-corrected chi connectivity index (χ2v) is 5.74. The van der Waals surface area contributed by atoms with Crippen LogP contribution in [0, 0.1) is 11.6 Å². The molecule has 138 valence electrons. The van der Waals surface area contributed by atoms with E-state index in [-0.39, 0.29) is 11.4 Å². The van der Waals surface area contributed by atoms with Gasteiger partial charge < -0.3 is 10.4 Å². The molecule has 0 unspecified atom stereocenters. The summed E-state index contributed by atoms with van der Waals surface area (Å²) in [6, 6.07) is 5.87. The molecule has 2 N–H and O–H groups in total. The van der Waals surface area contributed by atoms with Crippen LogP contribution in [-0.2, 0) is 12.8 Å². The van der Waals surface area contributed by atoms with Gasteiger partial charge >= 0.3 is 0 Å². The SMILES string of the molecule is ON=Cc1nc(CCCCCCc2ccc(F)c(/C=N/O)n2)ccc1F. The van der Waals surface area contributed by atoms with Crippen molar-refractivity contribution in [3.63, 3.8) is 0 Å². The van der Waals surface area contributed by atoms with Gasteiger partial charge in [0, 0.05) is 11.4 Å². The molecule has 8 heteroatoms. The molecule has 0 aliphatic carbocycles. The fourth-order valence-corrected chi connectivity index (χ4v) is 2.53. The van der Waals surface area contributed by atoms with Crippen molar-refractivity contribution in [2.24, 2.45) is 10.3 Å². The van der Waals surface area contributed by atoms with Gasteiger partial charge in [-0.15, -0.1) is 0 Å². The third-order valence-corrected chi connectivity index (χ3v) is 3.84. The van der Waals surface area contributed by atoms with Crippen LogP contribution in [0.15, 0.2) is 34.6 Å². The lowest BCUT2D eigenvalue weighted by atomic mass is 10.1. The van der Waals surface area contributed by atoms with E-state index in [0.29, 0.717) is 12.8 Å². The van der Waals surface area contributed by atoms with Crippen LogP contribution in [0.3, 0.4) is 0 Å². The minimum Gasteiger partial charge on any atom is -0.411 e. The molecule has 0 radical (unpaired) electrons. The highest BCUT2D eigenvalue weighted by Crippen LogP contribution is 2.12. The first-order chi connectivity index (χ1) is 12.6. The molecule has 2 aromatic heterocycles. The van der Waals surface area contributed by atoms with Crippen LogP contribution in [0.1, 0.15) is 48.5 Å². The van der Waals surface area contributed by atoms with Crippen LogP contribution in [0.25, 0.3) is 0 Å². The molecule has 2 heterocycles. The average Bonchev–Trinajstić information content (AvgIpc) is 2.63. The number of oxime groups is 2. The highest BCUT2D eigenvalue weighted by atomic mass is 19.1. The summed E-state index contributed by atoms with van der Waals surface area (Å²) < 4.78 is 26.8. The fraction of sp³-hybridized carbons (Fsp3) is 0.333. The zero-order chi connectivity index (χ0) is 18.8. The summed E-state index contributed by atoms with van der Waals surface area (Å²) in [6.45, 7) is 0. The molecule has 0 atom stereocenters. The molecule has 0 amide bonds. The van der Waals surface area contributed by atoms with Gasteiger partial charge in [-0.3, -0.25) is 0 Å². The van der Waals surface area contributed by atoms with Crippen molar-refractivity contribution in [1.82, 2.24) is 9.97 Å². The topological polar surface area (TPSA) is 91.0 Å². The Bertz CT molecular complexity index is 716. The summed E-state index contributed by atoms with van der Waals surface area (Å²) in [5.41, 5.74) is 1.54. The van der Waals surface area contributed by atoms with Crippen molar-refractivity contribution >= 4 is 12.4 Å². The zero-order valence-corrected chi connectivity index (χ0v) is 14.1. The van der Waals surface area contributed by atoms with Gasteiger partial charge in [-0.1, -0.05) is 23.2 Å². The number of unbranched alkanes of at least 4 members (excludes halogenated alkanes) is 3. The maximum atomic E-state index is 13.4. The minimum absolute atomic E-state index is 0.0228. The van der Waals surface area contributed by atoms with E-state index in [4.69, 9.17) is 10.4 Å². The van der Waals surface area contributed by atoms with Crippen molar-refractivity contribution in [3.8, 4) is 0 Å². The van der Waals surface area contributed by atoms with Crippen LogP contribution in [0.4, 0.5) is 8.78 Å². The van der Waals surface area contributed by atoms with E-state index in [9.17, 15) is 8.78 Å². The van der Waals surface area contributed by atoms with Crippen molar-refractivity contribution in [2.75, 3.05) is 0 Å². The molecule has 2 aromatic rings. The molecule has 26 heavy (non-hydrogen) atoms. The molecular weight excluding hydrogens is 342 g/mol. The Hall–Kier alpha value is -2.90. The quantitative estimate of drug-likeness (QED) is 0.308. The Labute approximate surface area is 149 Å². The van der Waals surface area contributed by atoms with Crippen LogP contribution in [0.5, 0.6) is 0 Å². The van der Waals surface area contributed by atoms with Gasteiger partial charge in [0.2, 0.25) is 0 Å². The third-order valence-electron chi connectivity index (χ3n) is 3.84. The van der Waals surface area contributed by atoms with E-state index in [2.05, 4.69) is 20.3 Å². The highest BCUT2D eigenvalue weighted by molar-refractivity contribution is 5.77. The summed E-state index contributed by atoms with van der Waals surface area (Å²) >= 11 is 0. The van der Waals surface area contributed by atoms with Crippen LogP contribution < -0.4 is 0 Å². The molecule has 0 aromatic carbocycles. The minimum atomic E-state index is -0.524. The van der Waals surface area contributed by atoms with Gasteiger partial charge in [0.05, 0.1) is 12.4 Å². The summed E-state index contributed by atoms with van der Waals surface area (Å²) in [5.74, 6) is -1.05. The Morgan fingerprint density at radius 3 is 1.54 bits per heavy atom. The lowest BCUT2D eigenvalue weighted by Gasteiger charge is -2.04. The molecule has 0 saturated carbocycles. The monoisotopic (exact) mass is 362 g/mol. The van der Waals surface area contributed by atoms with Gasteiger partial charge in [0.1, 0.15) is 11.4 Å². The number of hydrogen-bond donors (Lipinski definition) is 2. The number of aromatic nitrogens is 2. The maximum absolute atomic E-state index is 13.4. The van der Waals surface area contributed by atoms with Gasteiger partial charge in [-0.05, 0) is 49.9 Å². The van der Waals surface area contributed by atoms with Crippen molar-refractivity contribution < 1.29 is 19.2 Å². The molecule has 0 saturated heterocycles. The first-order valence-electron chi connectivity index (χ1n) is 8.29. The number of hydrogen-bond acceptors (Lipinski definition) is 6. The lowest BCUT2D eigenvalue weighted by molar-refractivity contribution is 0.321. The first kappa shape index (κ1) is 19.4. The fourth-order valence-electron chi connectivity index (χ4n) is 2.53. The molecule has 0 bridgehead atoms. The zero-order valence-electron chi connectivity index (χ0n) is 14.1. The van der Waals surface area contributed by atoms with E-state index >= 15 is 0 Å². The number of rotatable bonds is 9. The highest BCUT2D eigenvalue weighted by Gasteiger charge is 2.05. The van der Waals surface area contributed by atoms with Gasteiger partial charge in [-0.25, -0.2) is 18.7 Å². The standard InChI is InChI=1S/C18H20F2N4O2/c19-15-9-7-13(23-17(15)11-21-25)5-3-1-2-4-6-14-8-10-16(20)18(24-14)12-22-26/h7-12,25-26H,1-6H2/b21-11+,22-12?. The van der Waals surface area contributed by atoms with Crippen molar-refractivity contribution in [2.45, 2.75) is 38.5 Å². The van der Waals surface area contributed by atoms with Gasteiger partial charge in [0.15, 0.2) is 11.6 Å². The molecule has 0 aliphatic heterocycles. The second-order valence-electron chi connectivity index (χ2n) is 5.74. The van der Waals surface area contributed by atoms with Crippen LogP contribution in [0.2, 0.25) is 0 Å². The predicted molar refractivity (Wildman–Crippen MR) is 93.0 cm³/mol. The number of pyridine rings is 2. The first-order valence-corrected chi connectivity index (χ1v) is 8.29. The largest absolute Gasteiger partial charge is 0.411 e. The smallest absolute Gasteiger partial charge is 0.150 e. The lowest BCUT2D eigenvalue weighted by Crippen LogP contribution is -2.00. The number of halogens is 2. The molecule has 0 aliphatic rings. The Balaban J connectivity index is 1.73. The Morgan fingerprint density at radius 1 is 0.731 bits per heavy atom. The van der Waals surface area contributed by atoms with Gasteiger partial charge in [-0.2, -0.15) is 0 Å². The Kier molecular flexibility index (Phi) is 7.60. The second kappa shape index (κ2) is 10.2. The summed E-state index contributed by atoms with van der Waals surface area (Å²) in [7, 11) is 0. The van der Waals surface area contributed by atoms with E-state index < -0.39 is 11.6 Å². The molecule has 6 nitrogen and oxygen atoms in total. The predicted octanol–water partition coefficient (Wildman–Crippen LogP) is 3.72. The van der Waals surface area contributed by atoms with Crippen molar-refractivity contribution in [1.29, 1.82) is 0 Å². The van der Waals surface area contributed by atoms with Crippen molar-refractivity contribution in [3.05, 3.63) is 58.7 Å². The summed E-state index contributed by atoms with van der Waals surface area (Å²) in [6.07, 6.45) is 7.09. The van der Waals surface area contributed by atoms with E-state index in [1.165, 1.54) is 12.1 Å². The average molecular weight is 362 g/mol. The van der Waals surface area contributed by atoms with E-state index in [1.54, 1.807) is 12.1 Å². The number of nitrogens with zero attached hydrogens (tertiary/aromatic N) is 4. The summed E-state index contributed by atoms with van der Waals surface area (Å²) in [5, 5.41) is 22.6. The van der Waals surface area contributed by atoms with Crippen LogP contribution in [-0.4, -0.2) is 32.8 Å². The Morgan fingerprint density at radius 2 is 1.15 bits per heavy atom. The van der Waals surface area contributed by atoms with E-state index in [0.717, 1.165) is 49.5 Å². The molecule has 0 fully saturated rings. The maximum Gasteiger partial charge on any atom is 0.150 e. The summed E-state index contributed by atoms with van der Waals surface area (Å²) in [4.78, 5) is 8.20. The third kappa shape index (κ3) is 5.87. The van der Waals surface area contributed by atoms with Gasteiger partial charge in [0.25, 0.3) is 0 Å². The van der Waals surface area contributed by atoms with Crippen LogP contribution >= 0.6 is 0 Å².